The van der Waals surface area contributed by atoms with E-state index in [1.54, 1.807) is 0 Å². The molecule has 1 aromatic heterocycles. The average Bonchev–Trinajstić information content (AvgIpc) is 3.07. The largest absolute Gasteiger partial charge is 0.480 e. The third kappa shape index (κ3) is 2.85. The number of carbonyl (C=O) groups excluding carboxylic acids is 1. The zero-order chi connectivity index (χ0) is 15.5. The van der Waals surface area contributed by atoms with Gasteiger partial charge in [-0.3, -0.25) is 9.69 Å². The zero-order valence-electron chi connectivity index (χ0n) is 13.2. The number of nitrogens with zero attached hydrogens (tertiary/aromatic N) is 3. The van der Waals surface area contributed by atoms with Crippen molar-refractivity contribution in [3.8, 4) is 11.8 Å². The highest BCUT2D eigenvalue weighted by Crippen LogP contribution is 2.30. The number of hydrogen-bond donors (Lipinski definition) is 0. The highest BCUT2D eigenvalue weighted by Gasteiger charge is 2.41. The maximum absolute atomic E-state index is 13.0. The first-order chi connectivity index (χ1) is 10.1. The van der Waals surface area contributed by atoms with Crippen LogP contribution in [0.2, 0.25) is 0 Å². The van der Waals surface area contributed by atoms with Crippen LogP contribution in [0.1, 0.15) is 43.6 Å². The van der Waals surface area contributed by atoms with Crippen molar-refractivity contribution in [2.75, 3.05) is 27.3 Å². The van der Waals surface area contributed by atoms with Crippen molar-refractivity contribution >= 4 is 5.78 Å². The van der Waals surface area contributed by atoms with Crippen LogP contribution < -0.4 is 9.47 Å². The van der Waals surface area contributed by atoms with Crippen molar-refractivity contribution < 1.29 is 14.3 Å². The highest BCUT2D eigenvalue weighted by atomic mass is 16.5. The van der Waals surface area contributed by atoms with Crippen molar-refractivity contribution in [3.63, 3.8) is 0 Å². The van der Waals surface area contributed by atoms with E-state index in [2.05, 4.69) is 14.9 Å². The van der Waals surface area contributed by atoms with Gasteiger partial charge in [-0.15, -0.1) is 0 Å². The molecule has 0 bridgehead atoms. The predicted molar refractivity (Wildman–Crippen MR) is 79.0 cm³/mol. The summed E-state index contributed by atoms with van der Waals surface area (Å²) < 4.78 is 10.2. The molecule has 1 saturated heterocycles. The molecule has 1 fully saturated rings. The summed E-state index contributed by atoms with van der Waals surface area (Å²) in [5, 5.41) is 0. The molecule has 1 aliphatic rings. The van der Waals surface area contributed by atoms with E-state index in [-0.39, 0.29) is 17.4 Å². The fourth-order valence-electron chi connectivity index (χ4n) is 2.75. The molecule has 2 rings (SSSR count). The third-order valence-electron chi connectivity index (χ3n) is 4.32. The van der Waals surface area contributed by atoms with E-state index in [1.807, 2.05) is 13.8 Å². The Hall–Kier alpha value is -1.69. The Kier molecular flexibility index (Phi) is 4.77. The molecule has 116 valence electrons. The molecule has 6 heteroatoms. The van der Waals surface area contributed by atoms with Gasteiger partial charge in [0.15, 0.2) is 5.69 Å². The first-order valence-corrected chi connectivity index (χ1v) is 7.31. The molecule has 1 aromatic rings. The second-order valence-corrected chi connectivity index (χ2v) is 5.42. The van der Waals surface area contributed by atoms with Crippen LogP contribution in [0.15, 0.2) is 6.20 Å². The second kappa shape index (κ2) is 6.39. The Balaban J connectivity index is 2.37. The van der Waals surface area contributed by atoms with E-state index in [1.165, 1.54) is 20.4 Å². The average molecular weight is 293 g/mol. The Morgan fingerprint density at radius 2 is 2.00 bits per heavy atom. The first-order valence-electron chi connectivity index (χ1n) is 7.31. The van der Waals surface area contributed by atoms with Crippen LogP contribution >= 0.6 is 0 Å². The van der Waals surface area contributed by atoms with Crippen LogP contribution in [0.4, 0.5) is 0 Å². The molecule has 6 nitrogen and oxygen atoms in total. The fraction of sp³-hybridized carbons (Fsp3) is 0.667. The number of aromatic nitrogens is 2. The summed E-state index contributed by atoms with van der Waals surface area (Å²) in [6.07, 6.45) is 4.45. The number of ketones is 1. The van der Waals surface area contributed by atoms with Crippen LogP contribution in [0.5, 0.6) is 11.8 Å². The van der Waals surface area contributed by atoms with Gasteiger partial charge in [0.05, 0.1) is 26.0 Å². The molecular weight excluding hydrogens is 270 g/mol. The minimum atomic E-state index is -0.562. The second-order valence-electron chi connectivity index (χ2n) is 5.42. The van der Waals surface area contributed by atoms with Crippen molar-refractivity contribution in [1.82, 2.24) is 14.9 Å². The first kappa shape index (κ1) is 15.7. The van der Waals surface area contributed by atoms with Gasteiger partial charge in [-0.2, -0.15) is 4.98 Å². The van der Waals surface area contributed by atoms with Gasteiger partial charge < -0.3 is 9.47 Å². The van der Waals surface area contributed by atoms with Crippen molar-refractivity contribution in [3.05, 3.63) is 11.9 Å². The molecule has 0 saturated carbocycles. The molecule has 0 N–H and O–H groups in total. The number of likely N-dealkylation sites (tertiary alicyclic amines) is 1. The third-order valence-corrected chi connectivity index (χ3v) is 4.32. The molecule has 1 atom stereocenters. The molecular formula is C15H23N3O3. The van der Waals surface area contributed by atoms with Crippen LogP contribution in [-0.2, 0) is 0 Å². The molecule has 0 radical (unpaired) electrons. The predicted octanol–water partition coefficient (Wildman–Crippen LogP) is 1.94. The minimum Gasteiger partial charge on any atom is -0.480 e. The van der Waals surface area contributed by atoms with Gasteiger partial charge in [0, 0.05) is 0 Å². The number of carbonyl (C=O) groups is 1. The Bertz CT molecular complexity index is 515. The summed E-state index contributed by atoms with van der Waals surface area (Å²) >= 11 is 0. The van der Waals surface area contributed by atoms with Crippen molar-refractivity contribution in [1.29, 1.82) is 0 Å². The quantitative estimate of drug-likeness (QED) is 0.747. The van der Waals surface area contributed by atoms with E-state index in [9.17, 15) is 4.79 Å². The van der Waals surface area contributed by atoms with Gasteiger partial charge in [-0.1, -0.05) is 6.92 Å². The minimum absolute atomic E-state index is 0.0427. The van der Waals surface area contributed by atoms with Gasteiger partial charge in [0.25, 0.3) is 0 Å². The number of hydrogen-bond acceptors (Lipinski definition) is 6. The van der Waals surface area contributed by atoms with E-state index in [0.29, 0.717) is 5.88 Å². The Morgan fingerprint density at radius 3 is 2.52 bits per heavy atom. The zero-order valence-corrected chi connectivity index (χ0v) is 13.2. The van der Waals surface area contributed by atoms with E-state index < -0.39 is 5.54 Å². The standard InChI is InChI=1S/C15H23N3O3/c1-5-15(2,18-8-6-7-9-18)13(19)12-14(21-4)17-11(20-3)10-16-12/h10H,5-9H2,1-4H3. The lowest BCUT2D eigenvalue weighted by atomic mass is 9.89. The maximum atomic E-state index is 13.0. The molecule has 21 heavy (non-hydrogen) atoms. The van der Waals surface area contributed by atoms with Crippen molar-refractivity contribution in [2.24, 2.45) is 0 Å². The molecule has 0 aromatic carbocycles. The van der Waals surface area contributed by atoms with E-state index >= 15 is 0 Å². The highest BCUT2D eigenvalue weighted by molar-refractivity contribution is 6.03. The molecule has 0 amide bonds. The van der Waals surface area contributed by atoms with Crippen LogP contribution in [0, 0.1) is 0 Å². The number of rotatable bonds is 6. The normalized spacial score (nSPS) is 18.3. The summed E-state index contributed by atoms with van der Waals surface area (Å²) in [6.45, 7) is 5.90. The molecule has 1 unspecified atom stereocenters. The number of ether oxygens (including phenoxy) is 2. The Morgan fingerprint density at radius 1 is 1.33 bits per heavy atom. The van der Waals surface area contributed by atoms with Gasteiger partial charge in [-0.05, 0) is 39.3 Å². The van der Waals surface area contributed by atoms with E-state index in [4.69, 9.17) is 9.47 Å². The lowest BCUT2D eigenvalue weighted by Gasteiger charge is -2.36. The van der Waals surface area contributed by atoms with Crippen LogP contribution in [0.3, 0.4) is 0 Å². The van der Waals surface area contributed by atoms with Crippen LogP contribution in [-0.4, -0.2) is 53.5 Å². The summed E-state index contributed by atoms with van der Waals surface area (Å²) in [5.41, 5.74) is -0.290. The lowest BCUT2D eigenvalue weighted by molar-refractivity contribution is 0.0637. The fourth-order valence-corrected chi connectivity index (χ4v) is 2.75. The smallest absolute Gasteiger partial charge is 0.246 e. The van der Waals surface area contributed by atoms with Crippen molar-refractivity contribution in [2.45, 2.75) is 38.6 Å². The molecule has 2 heterocycles. The number of methoxy groups -OCH3 is 2. The summed E-state index contributed by atoms with van der Waals surface area (Å²) in [4.78, 5) is 23.6. The Labute approximate surface area is 125 Å². The topological polar surface area (TPSA) is 64.5 Å². The van der Waals surface area contributed by atoms with Crippen LogP contribution in [0.25, 0.3) is 0 Å². The monoisotopic (exact) mass is 293 g/mol. The van der Waals surface area contributed by atoms with Gasteiger partial charge in [0.1, 0.15) is 0 Å². The van der Waals surface area contributed by atoms with E-state index in [0.717, 1.165) is 32.4 Å². The van der Waals surface area contributed by atoms with Gasteiger partial charge in [0.2, 0.25) is 17.5 Å². The van der Waals surface area contributed by atoms with Gasteiger partial charge >= 0.3 is 0 Å². The maximum Gasteiger partial charge on any atom is 0.246 e. The summed E-state index contributed by atoms with van der Waals surface area (Å²) in [6, 6.07) is 0. The lowest BCUT2D eigenvalue weighted by Crippen LogP contribution is -2.51. The molecule has 0 spiro atoms. The van der Waals surface area contributed by atoms with Gasteiger partial charge in [-0.25, -0.2) is 4.98 Å². The summed E-state index contributed by atoms with van der Waals surface area (Å²) in [7, 11) is 2.99. The molecule has 0 aliphatic carbocycles. The summed E-state index contributed by atoms with van der Waals surface area (Å²) in [5.74, 6) is 0.514. The number of Topliss-reactive ketones (excluding diaryl/α,β-unsaturated/α-hetero) is 1. The molecule has 1 aliphatic heterocycles. The SMILES string of the molecule is CCC(C)(C(=O)c1ncc(OC)nc1OC)N1CCCC1.